The summed E-state index contributed by atoms with van der Waals surface area (Å²) in [5.74, 6) is -1.79. The van der Waals surface area contributed by atoms with Crippen molar-refractivity contribution in [2.24, 2.45) is 0 Å². The van der Waals surface area contributed by atoms with E-state index >= 15 is 0 Å². The zero-order valence-electron chi connectivity index (χ0n) is 13.8. The fourth-order valence-electron chi connectivity index (χ4n) is 2.31. The molecule has 5 nitrogen and oxygen atoms in total. The third-order valence-corrected chi connectivity index (χ3v) is 3.56. The molecule has 0 bridgehead atoms. The van der Waals surface area contributed by atoms with Gasteiger partial charge in [-0.2, -0.15) is 0 Å². The van der Waals surface area contributed by atoms with Crippen LogP contribution in [0.25, 0.3) is 0 Å². The number of hydrogen-bond acceptors (Lipinski definition) is 4. The van der Waals surface area contributed by atoms with Crippen molar-refractivity contribution in [3.63, 3.8) is 0 Å². The lowest BCUT2D eigenvalue weighted by molar-refractivity contribution is 0.102. The maximum absolute atomic E-state index is 13.3. The Morgan fingerprint density at radius 1 is 1.00 bits per heavy atom. The molecule has 3 aromatic rings. The predicted molar refractivity (Wildman–Crippen MR) is 94.8 cm³/mol. The monoisotopic (exact) mass is 355 g/mol. The minimum absolute atomic E-state index is 0.156. The number of methoxy groups -OCH3 is 1. The lowest BCUT2D eigenvalue weighted by Crippen LogP contribution is -2.14. The molecular formula is C19H15F2N3O2. The Morgan fingerprint density at radius 2 is 1.77 bits per heavy atom. The van der Waals surface area contributed by atoms with E-state index in [4.69, 9.17) is 4.74 Å². The van der Waals surface area contributed by atoms with E-state index in [1.54, 1.807) is 30.3 Å². The van der Waals surface area contributed by atoms with Gasteiger partial charge in [0.25, 0.3) is 5.91 Å². The Balaban J connectivity index is 1.78. The molecule has 26 heavy (non-hydrogen) atoms. The van der Waals surface area contributed by atoms with E-state index in [2.05, 4.69) is 15.6 Å². The average Bonchev–Trinajstić information content (AvgIpc) is 2.65. The van der Waals surface area contributed by atoms with Gasteiger partial charge in [0.05, 0.1) is 12.8 Å². The number of halogens is 2. The lowest BCUT2D eigenvalue weighted by atomic mass is 10.2. The van der Waals surface area contributed by atoms with Crippen LogP contribution in [0, 0.1) is 11.6 Å². The van der Waals surface area contributed by atoms with Crippen molar-refractivity contribution in [1.82, 2.24) is 4.98 Å². The molecule has 2 aromatic carbocycles. The van der Waals surface area contributed by atoms with Crippen LogP contribution in [0.15, 0.2) is 60.8 Å². The Kier molecular flexibility index (Phi) is 5.07. The first kappa shape index (κ1) is 17.3. The molecule has 0 saturated heterocycles. The fraction of sp³-hybridized carbons (Fsp3) is 0.0526. The number of aromatic nitrogens is 1. The highest BCUT2D eigenvalue weighted by molar-refractivity contribution is 6.04. The molecule has 0 atom stereocenters. The zero-order valence-corrected chi connectivity index (χ0v) is 13.8. The number of pyridine rings is 1. The number of carbonyl (C=O) groups is 1. The largest absolute Gasteiger partial charge is 0.495 e. The Labute approximate surface area is 148 Å². The molecule has 0 aliphatic heterocycles. The Bertz CT molecular complexity index is 948. The highest BCUT2D eigenvalue weighted by Crippen LogP contribution is 2.24. The quantitative estimate of drug-likeness (QED) is 0.714. The second-order valence-electron chi connectivity index (χ2n) is 5.34. The van der Waals surface area contributed by atoms with Gasteiger partial charge in [0.2, 0.25) is 0 Å². The molecule has 0 saturated carbocycles. The number of benzene rings is 2. The van der Waals surface area contributed by atoms with E-state index in [9.17, 15) is 13.6 Å². The standard InChI is InChI=1S/C19H15F2N3O2/c1-26-18-5-3-2-4-16(18)24-19(25)17-11-13(8-9-22-17)23-12-6-7-14(20)15(21)10-12/h2-11H,1H3,(H,22,23)(H,24,25). The second-order valence-corrected chi connectivity index (χ2v) is 5.34. The molecule has 0 fully saturated rings. The van der Waals surface area contributed by atoms with Crippen LogP contribution in [0.3, 0.4) is 0 Å². The van der Waals surface area contributed by atoms with Gasteiger partial charge in [-0.25, -0.2) is 8.78 Å². The summed E-state index contributed by atoms with van der Waals surface area (Å²) in [6.07, 6.45) is 1.44. The Morgan fingerprint density at radius 3 is 2.54 bits per heavy atom. The average molecular weight is 355 g/mol. The van der Waals surface area contributed by atoms with Crippen LogP contribution in [-0.2, 0) is 0 Å². The molecule has 1 heterocycles. The molecule has 1 amide bonds. The molecule has 1 aromatic heterocycles. The first-order valence-corrected chi connectivity index (χ1v) is 7.69. The van der Waals surface area contributed by atoms with E-state index in [1.807, 2.05) is 0 Å². The van der Waals surface area contributed by atoms with E-state index < -0.39 is 17.5 Å². The molecular weight excluding hydrogens is 340 g/mol. The van der Waals surface area contributed by atoms with Crippen molar-refractivity contribution in [2.45, 2.75) is 0 Å². The van der Waals surface area contributed by atoms with E-state index in [0.29, 0.717) is 22.8 Å². The highest BCUT2D eigenvalue weighted by atomic mass is 19.2. The molecule has 0 radical (unpaired) electrons. The summed E-state index contributed by atoms with van der Waals surface area (Å²) >= 11 is 0. The van der Waals surface area contributed by atoms with E-state index in [0.717, 1.165) is 12.1 Å². The summed E-state index contributed by atoms with van der Waals surface area (Å²) in [5, 5.41) is 5.62. The maximum Gasteiger partial charge on any atom is 0.274 e. The first-order valence-electron chi connectivity index (χ1n) is 7.69. The van der Waals surface area contributed by atoms with Crippen molar-refractivity contribution in [1.29, 1.82) is 0 Å². The minimum Gasteiger partial charge on any atom is -0.495 e. The molecule has 132 valence electrons. The van der Waals surface area contributed by atoms with Crippen LogP contribution < -0.4 is 15.4 Å². The normalized spacial score (nSPS) is 10.3. The number of ether oxygens (including phenoxy) is 1. The third kappa shape index (κ3) is 3.94. The topological polar surface area (TPSA) is 63.2 Å². The summed E-state index contributed by atoms with van der Waals surface area (Å²) in [6.45, 7) is 0. The van der Waals surface area contributed by atoms with Crippen LogP contribution in [0.4, 0.5) is 25.8 Å². The molecule has 0 aliphatic rings. The number of nitrogens with zero attached hydrogens (tertiary/aromatic N) is 1. The van der Waals surface area contributed by atoms with Gasteiger partial charge >= 0.3 is 0 Å². The smallest absolute Gasteiger partial charge is 0.274 e. The van der Waals surface area contributed by atoms with Crippen molar-refractivity contribution >= 4 is 23.0 Å². The molecule has 0 unspecified atom stereocenters. The van der Waals surface area contributed by atoms with E-state index in [-0.39, 0.29) is 5.69 Å². The third-order valence-electron chi connectivity index (χ3n) is 3.56. The SMILES string of the molecule is COc1ccccc1NC(=O)c1cc(Nc2ccc(F)c(F)c2)ccn1. The van der Waals surface area contributed by atoms with Crippen molar-refractivity contribution < 1.29 is 18.3 Å². The van der Waals surface area contributed by atoms with Gasteiger partial charge in [0.1, 0.15) is 11.4 Å². The van der Waals surface area contributed by atoms with Gasteiger partial charge < -0.3 is 15.4 Å². The summed E-state index contributed by atoms with van der Waals surface area (Å²) in [7, 11) is 1.51. The minimum atomic E-state index is -0.960. The van der Waals surface area contributed by atoms with Crippen LogP contribution in [0.1, 0.15) is 10.5 Å². The number of hydrogen-bond donors (Lipinski definition) is 2. The zero-order chi connectivity index (χ0) is 18.5. The number of nitrogens with one attached hydrogen (secondary N) is 2. The van der Waals surface area contributed by atoms with Crippen molar-refractivity contribution in [2.75, 3.05) is 17.7 Å². The molecule has 0 spiro atoms. The lowest BCUT2D eigenvalue weighted by Gasteiger charge is -2.11. The highest BCUT2D eigenvalue weighted by Gasteiger charge is 2.11. The van der Waals surface area contributed by atoms with Gasteiger partial charge in [0.15, 0.2) is 11.6 Å². The fourth-order valence-corrected chi connectivity index (χ4v) is 2.31. The van der Waals surface area contributed by atoms with Gasteiger partial charge in [-0.1, -0.05) is 12.1 Å². The van der Waals surface area contributed by atoms with Crippen LogP contribution in [0.2, 0.25) is 0 Å². The first-order chi connectivity index (χ1) is 12.6. The molecule has 7 heteroatoms. The van der Waals surface area contributed by atoms with Gasteiger partial charge in [-0.3, -0.25) is 9.78 Å². The molecule has 0 aliphatic carbocycles. The summed E-state index contributed by atoms with van der Waals surface area (Å²) in [4.78, 5) is 16.5. The second kappa shape index (κ2) is 7.60. The molecule has 2 N–H and O–H groups in total. The van der Waals surface area contributed by atoms with Gasteiger partial charge in [0, 0.05) is 23.6 Å². The van der Waals surface area contributed by atoms with E-state index in [1.165, 1.54) is 25.4 Å². The van der Waals surface area contributed by atoms with Crippen LogP contribution >= 0.6 is 0 Å². The van der Waals surface area contributed by atoms with Crippen molar-refractivity contribution in [3.8, 4) is 5.75 Å². The Hall–Kier alpha value is -3.48. The predicted octanol–water partition coefficient (Wildman–Crippen LogP) is 4.36. The summed E-state index contributed by atoms with van der Waals surface area (Å²) < 4.78 is 31.5. The summed E-state index contributed by atoms with van der Waals surface area (Å²) in [6, 6.07) is 13.6. The van der Waals surface area contributed by atoms with Gasteiger partial charge in [-0.05, 0) is 36.4 Å². The van der Waals surface area contributed by atoms with Crippen LogP contribution in [-0.4, -0.2) is 18.0 Å². The summed E-state index contributed by atoms with van der Waals surface area (Å²) in [5.41, 5.74) is 1.53. The number of para-hydroxylation sites is 2. The van der Waals surface area contributed by atoms with Crippen LogP contribution in [0.5, 0.6) is 5.75 Å². The number of amides is 1. The number of carbonyl (C=O) groups excluding carboxylic acids is 1. The van der Waals surface area contributed by atoms with Gasteiger partial charge in [-0.15, -0.1) is 0 Å². The maximum atomic E-state index is 13.3. The van der Waals surface area contributed by atoms with Crippen molar-refractivity contribution in [3.05, 3.63) is 78.1 Å². The number of rotatable bonds is 5. The number of anilines is 3. The molecule has 3 rings (SSSR count).